The first-order valence-corrected chi connectivity index (χ1v) is 14.6. The lowest BCUT2D eigenvalue weighted by molar-refractivity contribution is 0.192. The Kier molecular flexibility index (Phi) is 7.40. The van der Waals surface area contributed by atoms with Gasteiger partial charge >= 0.3 is 0 Å². The molecule has 0 unspecified atom stereocenters. The Bertz CT molecular complexity index is 1520. The van der Waals surface area contributed by atoms with Crippen LogP contribution in [0.5, 0.6) is 0 Å². The van der Waals surface area contributed by atoms with Crippen molar-refractivity contribution in [3.05, 3.63) is 80.4 Å². The van der Waals surface area contributed by atoms with Gasteiger partial charge in [-0.05, 0) is 83.5 Å². The number of pyridine rings is 1. The van der Waals surface area contributed by atoms with Crippen molar-refractivity contribution in [2.45, 2.75) is 64.5 Å². The molecule has 0 spiro atoms. The third-order valence-electron chi connectivity index (χ3n) is 8.51. The zero-order valence-electron chi connectivity index (χ0n) is 22.7. The Labute approximate surface area is 234 Å². The van der Waals surface area contributed by atoms with Crippen molar-refractivity contribution in [1.82, 2.24) is 30.1 Å². The summed E-state index contributed by atoms with van der Waals surface area (Å²) in [5, 5.41) is 15.0. The smallest absolute Gasteiger partial charge is 0.253 e. The van der Waals surface area contributed by atoms with Crippen LogP contribution in [0.1, 0.15) is 73.6 Å². The minimum Gasteiger partial charge on any atom is -0.369 e. The van der Waals surface area contributed by atoms with Gasteiger partial charge in [0.1, 0.15) is 6.04 Å². The lowest BCUT2D eigenvalue weighted by Gasteiger charge is -2.40. The van der Waals surface area contributed by atoms with E-state index in [9.17, 15) is 4.79 Å². The molecule has 4 aromatic rings. The van der Waals surface area contributed by atoms with Crippen molar-refractivity contribution >= 4 is 28.2 Å². The molecule has 2 aromatic carbocycles. The fraction of sp³-hybridized carbons (Fsp3) is 0.467. The number of nitrogens with zero attached hydrogens (tertiary/aromatic N) is 6. The van der Waals surface area contributed by atoms with Crippen molar-refractivity contribution in [2.75, 3.05) is 31.1 Å². The van der Waals surface area contributed by atoms with Crippen LogP contribution in [0.3, 0.4) is 0 Å². The van der Waals surface area contributed by atoms with Crippen LogP contribution >= 0.6 is 11.6 Å². The standard InChI is InChI=1S/C30H36ClN7O/c1-3-21-10-12-26-22(17-21)18-25(30(39)32-26)28(29-33-34-35-38(29)24-7-5-4-6-8-24)37-15-13-36(14-16-37)27-19-23(31)11-9-20(27)2/h9-12,17-19,24,28H,3-8,13-16H2,1-2H3,(H,32,39)/t28-/m1/s1. The number of nitrogens with one attached hydrogen (secondary N) is 1. The molecule has 3 heterocycles. The third-order valence-corrected chi connectivity index (χ3v) is 8.75. The van der Waals surface area contributed by atoms with E-state index >= 15 is 0 Å². The summed E-state index contributed by atoms with van der Waals surface area (Å²) in [6, 6.07) is 14.3. The molecule has 1 saturated heterocycles. The fourth-order valence-electron chi connectivity index (χ4n) is 6.31. The number of hydrogen-bond donors (Lipinski definition) is 1. The van der Waals surface area contributed by atoms with Gasteiger partial charge in [-0.3, -0.25) is 9.69 Å². The van der Waals surface area contributed by atoms with Gasteiger partial charge < -0.3 is 9.88 Å². The Balaban J connectivity index is 1.39. The number of tetrazole rings is 1. The molecule has 0 bridgehead atoms. The number of halogens is 1. The van der Waals surface area contributed by atoms with Gasteiger partial charge in [0.2, 0.25) is 0 Å². The molecule has 2 aliphatic rings. The zero-order valence-corrected chi connectivity index (χ0v) is 23.5. The second kappa shape index (κ2) is 11.1. The van der Waals surface area contributed by atoms with Crippen LogP contribution in [-0.2, 0) is 6.42 Å². The van der Waals surface area contributed by atoms with Gasteiger partial charge in [-0.2, -0.15) is 0 Å². The molecule has 0 radical (unpaired) electrons. The maximum Gasteiger partial charge on any atom is 0.253 e. The van der Waals surface area contributed by atoms with Crippen LogP contribution in [0.25, 0.3) is 10.9 Å². The summed E-state index contributed by atoms with van der Waals surface area (Å²) in [6.07, 6.45) is 6.71. The van der Waals surface area contributed by atoms with Crippen LogP contribution < -0.4 is 10.5 Å². The summed E-state index contributed by atoms with van der Waals surface area (Å²) in [7, 11) is 0. The van der Waals surface area contributed by atoms with E-state index in [1.807, 2.05) is 22.9 Å². The second-order valence-corrected chi connectivity index (χ2v) is 11.4. The summed E-state index contributed by atoms with van der Waals surface area (Å²) in [5.74, 6) is 0.769. The highest BCUT2D eigenvalue weighted by molar-refractivity contribution is 6.30. The molecule has 39 heavy (non-hydrogen) atoms. The highest BCUT2D eigenvalue weighted by Gasteiger charge is 2.34. The highest BCUT2D eigenvalue weighted by atomic mass is 35.5. The highest BCUT2D eigenvalue weighted by Crippen LogP contribution is 2.34. The molecule has 6 rings (SSSR count). The van der Waals surface area contributed by atoms with Gasteiger partial charge in [-0.25, -0.2) is 4.68 Å². The SMILES string of the molecule is CCc1ccc2[nH]c(=O)c([C@H](c3nnnn3C3CCCCC3)N3CCN(c4cc(Cl)ccc4C)CC3)cc2c1. The van der Waals surface area contributed by atoms with Crippen molar-refractivity contribution in [1.29, 1.82) is 0 Å². The number of anilines is 1. The van der Waals surface area contributed by atoms with Gasteiger partial charge in [-0.15, -0.1) is 5.10 Å². The predicted octanol–water partition coefficient (Wildman–Crippen LogP) is 5.46. The second-order valence-electron chi connectivity index (χ2n) is 11.0. The number of aromatic amines is 1. The predicted molar refractivity (Wildman–Crippen MR) is 156 cm³/mol. The summed E-state index contributed by atoms with van der Waals surface area (Å²) in [5.41, 5.74) is 5.10. The summed E-state index contributed by atoms with van der Waals surface area (Å²) < 4.78 is 2.02. The first-order valence-electron chi connectivity index (χ1n) is 14.2. The molecular weight excluding hydrogens is 510 g/mol. The number of fused-ring (bicyclic) bond motifs is 1. The average molecular weight is 546 g/mol. The Morgan fingerprint density at radius 1 is 1.03 bits per heavy atom. The molecule has 204 valence electrons. The van der Waals surface area contributed by atoms with E-state index in [4.69, 9.17) is 11.6 Å². The number of rotatable bonds is 6. The largest absolute Gasteiger partial charge is 0.369 e. The van der Waals surface area contributed by atoms with E-state index in [0.717, 1.165) is 67.2 Å². The van der Waals surface area contributed by atoms with Crippen LogP contribution in [0.4, 0.5) is 5.69 Å². The molecule has 2 aromatic heterocycles. The molecule has 9 heteroatoms. The summed E-state index contributed by atoms with van der Waals surface area (Å²) in [4.78, 5) is 21.6. The number of piperazine rings is 1. The van der Waals surface area contributed by atoms with Gasteiger partial charge in [0.25, 0.3) is 5.56 Å². The van der Waals surface area contributed by atoms with E-state index in [1.54, 1.807) is 0 Å². The zero-order chi connectivity index (χ0) is 26.9. The average Bonchev–Trinajstić information content (AvgIpc) is 3.45. The molecule has 1 saturated carbocycles. The minimum absolute atomic E-state index is 0.0805. The molecule has 1 aliphatic carbocycles. The Morgan fingerprint density at radius 2 is 1.82 bits per heavy atom. The monoisotopic (exact) mass is 545 g/mol. The quantitative estimate of drug-likeness (QED) is 0.346. The summed E-state index contributed by atoms with van der Waals surface area (Å²) in [6.45, 7) is 7.48. The molecule has 1 aliphatic heterocycles. The van der Waals surface area contributed by atoms with Crippen molar-refractivity contribution in [3.8, 4) is 0 Å². The lowest BCUT2D eigenvalue weighted by atomic mass is 9.95. The van der Waals surface area contributed by atoms with Crippen LogP contribution in [0, 0.1) is 6.92 Å². The minimum atomic E-state index is -0.331. The van der Waals surface area contributed by atoms with Crippen LogP contribution in [0.15, 0.2) is 47.3 Å². The first kappa shape index (κ1) is 26.0. The van der Waals surface area contributed by atoms with Crippen molar-refractivity contribution in [3.63, 3.8) is 0 Å². The van der Waals surface area contributed by atoms with Crippen molar-refractivity contribution < 1.29 is 0 Å². The van der Waals surface area contributed by atoms with E-state index in [-0.39, 0.29) is 17.6 Å². The topological polar surface area (TPSA) is 82.9 Å². The van der Waals surface area contributed by atoms with Gasteiger partial charge in [0.05, 0.1) is 6.04 Å². The lowest BCUT2D eigenvalue weighted by Crippen LogP contribution is -2.49. The molecule has 1 atom stereocenters. The number of benzene rings is 2. The van der Waals surface area contributed by atoms with Gasteiger partial charge in [0, 0.05) is 48.0 Å². The maximum atomic E-state index is 13.6. The van der Waals surface area contributed by atoms with E-state index in [0.29, 0.717) is 5.56 Å². The van der Waals surface area contributed by atoms with E-state index < -0.39 is 0 Å². The number of hydrogen-bond acceptors (Lipinski definition) is 6. The maximum absolute atomic E-state index is 13.6. The molecule has 0 amide bonds. The van der Waals surface area contributed by atoms with Crippen molar-refractivity contribution in [2.24, 2.45) is 0 Å². The molecule has 1 N–H and O–H groups in total. The van der Waals surface area contributed by atoms with E-state index in [2.05, 4.69) is 68.4 Å². The summed E-state index contributed by atoms with van der Waals surface area (Å²) >= 11 is 6.34. The van der Waals surface area contributed by atoms with Gasteiger partial charge in [-0.1, -0.05) is 49.9 Å². The Morgan fingerprint density at radius 3 is 2.59 bits per heavy atom. The van der Waals surface area contributed by atoms with Crippen LogP contribution in [-0.4, -0.2) is 56.3 Å². The number of aromatic nitrogens is 5. The Hall–Kier alpha value is -3.23. The first-order chi connectivity index (χ1) is 19.0. The number of aryl methyl sites for hydroxylation is 2. The van der Waals surface area contributed by atoms with Gasteiger partial charge in [0.15, 0.2) is 5.82 Å². The molecule has 2 fully saturated rings. The third kappa shape index (κ3) is 5.20. The normalized spacial score (nSPS) is 18.1. The van der Waals surface area contributed by atoms with E-state index in [1.165, 1.54) is 36.1 Å². The number of H-pyrrole nitrogens is 1. The van der Waals surface area contributed by atoms with Crippen LogP contribution in [0.2, 0.25) is 5.02 Å². The fourth-order valence-corrected chi connectivity index (χ4v) is 6.47. The molecule has 8 nitrogen and oxygen atoms in total. The molecular formula is C30H36ClN7O.